The molecule has 100 valence electrons. The molecule has 0 bridgehead atoms. The van der Waals surface area contributed by atoms with Gasteiger partial charge in [0.15, 0.2) is 0 Å². The Labute approximate surface area is 108 Å². The number of aryl methyl sites for hydroxylation is 1. The minimum atomic E-state index is -0.428. The zero-order chi connectivity index (χ0) is 13.4. The number of rotatable bonds is 6. The van der Waals surface area contributed by atoms with E-state index in [4.69, 9.17) is 9.47 Å². The molecule has 4 heteroatoms. The van der Waals surface area contributed by atoms with Crippen LogP contribution >= 0.6 is 0 Å². The Morgan fingerprint density at radius 3 is 2.56 bits per heavy atom. The minimum Gasteiger partial charge on any atom is -0.449 e. The Bertz CT molecular complexity index is 362. The Morgan fingerprint density at radius 2 is 2.00 bits per heavy atom. The first kappa shape index (κ1) is 14.5. The first-order valence-electron chi connectivity index (χ1n) is 6.21. The molecule has 1 atom stereocenters. The molecule has 0 aliphatic carbocycles. The summed E-state index contributed by atoms with van der Waals surface area (Å²) in [5.41, 5.74) is 1.99. The molecule has 0 heterocycles. The lowest BCUT2D eigenvalue weighted by Gasteiger charge is -2.10. The van der Waals surface area contributed by atoms with Gasteiger partial charge in [0.05, 0.1) is 12.7 Å². The number of ether oxygens (including phenoxy) is 2. The quantitative estimate of drug-likeness (QED) is 0.844. The molecule has 1 amide bonds. The van der Waals surface area contributed by atoms with Crippen molar-refractivity contribution in [1.29, 1.82) is 0 Å². The molecule has 0 saturated heterocycles. The van der Waals surface area contributed by atoms with Gasteiger partial charge in [-0.25, -0.2) is 4.79 Å². The number of methoxy groups -OCH3 is 1. The topological polar surface area (TPSA) is 47.6 Å². The maximum atomic E-state index is 11.5. The van der Waals surface area contributed by atoms with E-state index in [1.165, 1.54) is 5.56 Å². The van der Waals surface area contributed by atoms with Gasteiger partial charge >= 0.3 is 6.09 Å². The number of carbonyl (C=O) groups excluding carboxylic acids is 1. The summed E-state index contributed by atoms with van der Waals surface area (Å²) in [6.07, 6.45) is 1.35. The number of hydrogen-bond donors (Lipinski definition) is 1. The van der Waals surface area contributed by atoms with Crippen LogP contribution in [0.2, 0.25) is 0 Å². The standard InChI is InChI=1S/C14H21NO3/c1-4-12-5-7-13(8-6-12)15-14(16)18-10-9-11(2)17-3/h5-8,11H,4,9-10H2,1-3H3,(H,15,16). The molecular weight excluding hydrogens is 230 g/mol. The van der Waals surface area contributed by atoms with E-state index in [9.17, 15) is 4.79 Å². The van der Waals surface area contributed by atoms with Crippen molar-refractivity contribution in [3.63, 3.8) is 0 Å². The van der Waals surface area contributed by atoms with E-state index in [-0.39, 0.29) is 6.10 Å². The van der Waals surface area contributed by atoms with Gasteiger partial charge in [-0.2, -0.15) is 0 Å². The van der Waals surface area contributed by atoms with Crippen LogP contribution in [0.4, 0.5) is 10.5 Å². The highest BCUT2D eigenvalue weighted by Gasteiger charge is 2.05. The summed E-state index contributed by atoms with van der Waals surface area (Å²) in [7, 11) is 1.64. The molecule has 1 aromatic rings. The van der Waals surface area contributed by atoms with Crippen molar-refractivity contribution in [3.05, 3.63) is 29.8 Å². The maximum Gasteiger partial charge on any atom is 0.411 e. The second-order valence-corrected chi connectivity index (χ2v) is 4.15. The largest absolute Gasteiger partial charge is 0.449 e. The van der Waals surface area contributed by atoms with Gasteiger partial charge in [-0.05, 0) is 31.0 Å². The van der Waals surface area contributed by atoms with E-state index < -0.39 is 6.09 Å². The fourth-order valence-electron chi connectivity index (χ4n) is 1.41. The Kier molecular flexibility index (Phi) is 6.22. The highest BCUT2D eigenvalue weighted by molar-refractivity contribution is 5.84. The molecule has 1 unspecified atom stereocenters. The van der Waals surface area contributed by atoms with Crippen LogP contribution in [0.1, 0.15) is 25.8 Å². The van der Waals surface area contributed by atoms with Gasteiger partial charge in [0.2, 0.25) is 0 Å². The van der Waals surface area contributed by atoms with Gasteiger partial charge in [-0.1, -0.05) is 19.1 Å². The average Bonchev–Trinajstić information content (AvgIpc) is 2.39. The number of nitrogens with one attached hydrogen (secondary N) is 1. The van der Waals surface area contributed by atoms with Crippen LogP contribution in [0.25, 0.3) is 0 Å². The normalized spacial score (nSPS) is 11.9. The summed E-state index contributed by atoms with van der Waals surface area (Å²) >= 11 is 0. The number of carbonyl (C=O) groups is 1. The van der Waals surface area contributed by atoms with Gasteiger partial charge < -0.3 is 9.47 Å². The third-order valence-corrected chi connectivity index (χ3v) is 2.77. The molecule has 0 fully saturated rings. The van der Waals surface area contributed by atoms with Crippen LogP contribution in [0.15, 0.2) is 24.3 Å². The summed E-state index contributed by atoms with van der Waals surface area (Å²) in [6, 6.07) is 7.72. The first-order chi connectivity index (χ1) is 8.65. The molecule has 1 N–H and O–H groups in total. The fraction of sp³-hybridized carbons (Fsp3) is 0.500. The molecule has 1 aromatic carbocycles. The van der Waals surface area contributed by atoms with Crippen LogP contribution in [0.5, 0.6) is 0 Å². The van der Waals surface area contributed by atoms with Gasteiger partial charge in [-0.3, -0.25) is 5.32 Å². The smallest absolute Gasteiger partial charge is 0.411 e. The second kappa shape index (κ2) is 7.71. The molecule has 0 spiro atoms. The Hall–Kier alpha value is -1.55. The van der Waals surface area contributed by atoms with Crippen molar-refractivity contribution >= 4 is 11.8 Å². The molecule has 0 aromatic heterocycles. The van der Waals surface area contributed by atoms with Gasteiger partial charge in [0, 0.05) is 19.2 Å². The van der Waals surface area contributed by atoms with E-state index in [1.54, 1.807) is 7.11 Å². The lowest BCUT2D eigenvalue weighted by Crippen LogP contribution is -2.17. The van der Waals surface area contributed by atoms with Crippen molar-refractivity contribution < 1.29 is 14.3 Å². The van der Waals surface area contributed by atoms with Crippen molar-refractivity contribution in [3.8, 4) is 0 Å². The van der Waals surface area contributed by atoms with E-state index in [2.05, 4.69) is 12.2 Å². The van der Waals surface area contributed by atoms with E-state index in [0.29, 0.717) is 13.0 Å². The number of hydrogen-bond acceptors (Lipinski definition) is 3. The predicted octanol–water partition coefficient (Wildman–Crippen LogP) is 3.22. The van der Waals surface area contributed by atoms with Crippen LogP contribution in [0.3, 0.4) is 0 Å². The van der Waals surface area contributed by atoms with E-state index in [1.807, 2.05) is 31.2 Å². The van der Waals surface area contributed by atoms with Crippen molar-refractivity contribution in [2.75, 3.05) is 19.0 Å². The molecule has 0 aliphatic heterocycles. The third-order valence-electron chi connectivity index (χ3n) is 2.77. The van der Waals surface area contributed by atoms with Crippen LogP contribution < -0.4 is 5.32 Å². The minimum absolute atomic E-state index is 0.0987. The zero-order valence-corrected chi connectivity index (χ0v) is 11.2. The molecule has 4 nitrogen and oxygen atoms in total. The van der Waals surface area contributed by atoms with Crippen molar-refractivity contribution in [2.45, 2.75) is 32.8 Å². The third kappa shape index (κ3) is 5.19. The lowest BCUT2D eigenvalue weighted by molar-refractivity contribution is 0.0836. The zero-order valence-electron chi connectivity index (χ0n) is 11.2. The van der Waals surface area contributed by atoms with Crippen LogP contribution in [0, 0.1) is 0 Å². The van der Waals surface area contributed by atoms with Crippen molar-refractivity contribution in [2.24, 2.45) is 0 Å². The monoisotopic (exact) mass is 251 g/mol. The molecule has 18 heavy (non-hydrogen) atoms. The van der Waals surface area contributed by atoms with Crippen molar-refractivity contribution in [1.82, 2.24) is 0 Å². The predicted molar refractivity (Wildman–Crippen MR) is 71.9 cm³/mol. The first-order valence-corrected chi connectivity index (χ1v) is 6.21. The van der Waals surface area contributed by atoms with E-state index >= 15 is 0 Å². The summed E-state index contributed by atoms with van der Waals surface area (Å²) in [6.45, 7) is 4.38. The van der Waals surface area contributed by atoms with Gasteiger partial charge in [0.25, 0.3) is 0 Å². The highest BCUT2D eigenvalue weighted by Crippen LogP contribution is 2.10. The average molecular weight is 251 g/mol. The molecule has 1 rings (SSSR count). The summed E-state index contributed by atoms with van der Waals surface area (Å²) in [4.78, 5) is 11.5. The lowest BCUT2D eigenvalue weighted by atomic mass is 10.1. The summed E-state index contributed by atoms with van der Waals surface area (Å²) in [5, 5.41) is 2.68. The van der Waals surface area contributed by atoms with E-state index in [0.717, 1.165) is 12.1 Å². The van der Waals surface area contributed by atoms with Gasteiger partial charge in [-0.15, -0.1) is 0 Å². The molecule has 0 aliphatic rings. The van der Waals surface area contributed by atoms with Gasteiger partial charge in [0.1, 0.15) is 0 Å². The van der Waals surface area contributed by atoms with Crippen LogP contribution in [-0.2, 0) is 15.9 Å². The molecule has 0 saturated carbocycles. The number of amides is 1. The van der Waals surface area contributed by atoms with Crippen LogP contribution in [-0.4, -0.2) is 25.9 Å². The highest BCUT2D eigenvalue weighted by atomic mass is 16.5. The fourth-order valence-corrected chi connectivity index (χ4v) is 1.41. The number of anilines is 1. The SMILES string of the molecule is CCc1ccc(NC(=O)OCCC(C)OC)cc1. The number of benzene rings is 1. The molecular formula is C14H21NO3. The maximum absolute atomic E-state index is 11.5. The Balaban J connectivity index is 2.30. The summed E-state index contributed by atoms with van der Waals surface area (Å²) in [5.74, 6) is 0. The second-order valence-electron chi connectivity index (χ2n) is 4.15. The summed E-state index contributed by atoms with van der Waals surface area (Å²) < 4.78 is 10.1. The molecule has 0 radical (unpaired) electrons. The Morgan fingerprint density at radius 1 is 1.33 bits per heavy atom.